The zero-order valence-corrected chi connectivity index (χ0v) is 19.1. The molecule has 31 heavy (non-hydrogen) atoms. The van der Waals surface area contributed by atoms with Gasteiger partial charge in [-0.15, -0.1) is 0 Å². The minimum atomic E-state index is -3.90. The molecule has 0 aliphatic carbocycles. The van der Waals surface area contributed by atoms with Crippen molar-refractivity contribution in [1.29, 1.82) is 0 Å². The molecular formula is C21H25ClFN3O4S. The first-order valence-corrected chi connectivity index (χ1v) is 11.8. The summed E-state index contributed by atoms with van der Waals surface area (Å²) in [5.74, 6) is -1.60. The van der Waals surface area contributed by atoms with Gasteiger partial charge in [-0.3, -0.25) is 13.9 Å². The predicted molar refractivity (Wildman–Crippen MR) is 119 cm³/mol. The highest BCUT2D eigenvalue weighted by Gasteiger charge is 2.31. The number of hydrogen-bond donors (Lipinski definition) is 1. The maximum absolute atomic E-state index is 13.7. The summed E-state index contributed by atoms with van der Waals surface area (Å²) in [7, 11) is -2.44. The van der Waals surface area contributed by atoms with Gasteiger partial charge in [0.1, 0.15) is 18.4 Å². The summed E-state index contributed by atoms with van der Waals surface area (Å²) >= 11 is 5.92. The molecule has 0 radical (unpaired) electrons. The number of rotatable bonds is 9. The van der Waals surface area contributed by atoms with Crippen molar-refractivity contribution in [3.63, 3.8) is 0 Å². The molecule has 1 atom stereocenters. The molecule has 2 aromatic rings. The lowest BCUT2D eigenvalue weighted by molar-refractivity contribution is -0.140. The van der Waals surface area contributed by atoms with Crippen LogP contribution < -0.4 is 9.62 Å². The molecule has 0 saturated carbocycles. The Morgan fingerprint density at radius 2 is 1.81 bits per heavy atom. The third kappa shape index (κ3) is 6.67. The van der Waals surface area contributed by atoms with Crippen LogP contribution in [-0.4, -0.2) is 51.0 Å². The Balaban J connectivity index is 2.41. The highest BCUT2D eigenvalue weighted by atomic mass is 35.5. The van der Waals surface area contributed by atoms with E-state index >= 15 is 0 Å². The van der Waals surface area contributed by atoms with E-state index in [1.807, 2.05) is 0 Å². The Bertz CT molecular complexity index is 1030. The average molecular weight is 470 g/mol. The summed E-state index contributed by atoms with van der Waals surface area (Å²) in [6.07, 6.45) is 1.25. The maximum atomic E-state index is 13.7. The Labute approximate surface area is 186 Å². The zero-order valence-electron chi connectivity index (χ0n) is 17.5. The minimum absolute atomic E-state index is 0.0234. The number of nitrogens with one attached hydrogen (secondary N) is 1. The highest BCUT2D eigenvalue weighted by Crippen LogP contribution is 2.21. The number of nitrogens with zero attached hydrogens (tertiary/aromatic N) is 2. The van der Waals surface area contributed by atoms with E-state index in [9.17, 15) is 22.4 Å². The van der Waals surface area contributed by atoms with Crippen LogP contribution in [0.5, 0.6) is 0 Å². The van der Waals surface area contributed by atoms with Crippen molar-refractivity contribution < 1.29 is 22.4 Å². The first kappa shape index (κ1) is 24.6. The molecule has 10 heteroatoms. The van der Waals surface area contributed by atoms with Gasteiger partial charge in [0.05, 0.1) is 11.9 Å². The molecule has 0 unspecified atom stereocenters. The summed E-state index contributed by atoms with van der Waals surface area (Å²) in [4.78, 5) is 27.0. The van der Waals surface area contributed by atoms with Gasteiger partial charge in [-0.05, 0) is 42.3 Å². The monoisotopic (exact) mass is 469 g/mol. The molecule has 0 saturated heterocycles. The molecule has 2 amide bonds. The van der Waals surface area contributed by atoms with E-state index in [0.717, 1.165) is 22.2 Å². The van der Waals surface area contributed by atoms with E-state index in [-0.39, 0.29) is 18.1 Å². The van der Waals surface area contributed by atoms with Crippen LogP contribution in [0.4, 0.5) is 10.1 Å². The standard InChI is InChI=1S/C21H25ClFN3O4S/c1-4-19(21(28)24-2)25(13-15-8-10-16(22)11-9-15)20(27)14-26(31(3,29)30)18-7-5-6-17(23)12-18/h5-12,19H,4,13-14H2,1-3H3,(H,24,28)/t19-/m1/s1. The third-order valence-electron chi connectivity index (χ3n) is 4.67. The van der Waals surface area contributed by atoms with Crippen LogP contribution in [0.25, 0.3) is 0 Å². The Hall–Kier alpha value is -2.65. The lowest BCUT2D eigenvalue weighted by Gasteiger charge is -2.32. The summed E-state index contributed by atoms with van der Waals surface area (Å²) in [5.41, 5.74) is 0.743. The Morgan fingerprint density at radius 1 is 1.16 bits per heavy atom. The number of likely N-dealkylation sites (N-methyl/N-ethyl adjacent to an activating group) is 1. The van der Waals surface area contributed by atoms with Gasteiger partial charge < -0.3 is 10.2 Å². The van der Waals surface area contributed by atoms with E-state index in [2.05, 4.69) is 5.32 Å². The van der Waals surface area contributed by atoms with E-state index in [1.54, 1.807) is 31.2 Å². The van der Waals surface area contributed by atoms with Gasteiger partial charge in [0.25, 0.3) is 0 Å². The normalized spacial score (nSPS) is 12.2. The van der Waals surface area contributed by atoms with Gasteiger partial charge in [-0.1, -0.05) is 36.7 Å². The Kier molecular flexibility index (Phi) is 8.41. The van der Waals surface area contributed by atoms with Crippen LogP contribution in [0.1, 0.15) is 18.9 Å². The van der Waals surface area contributed by atoms with Crippen molar-refractivity contribution >= 4 is 39.1 Å². The van der Waals surface area contributed by atoms with Gasteiger partial charge in [-0.2, -0.15) is 0 Å². The van der Waals surface area contributed by atoms with Crippen molar-refractivity contribution in [2.45, 2.75) is 25.9 Å². The highest BCUT2D eigenvalue weighted by molar-refractivity contribution is 7.92. The first-order chi connectivity index (χ1) is 14.6. The number of carbonyl (C=O) groups excluding carboxylic acids is 2. The van der Waals surface area contributed by atoms with Crippen molar-refractivity contribution in [1.82, 2.24) is 10.2 Å². The molecule has 0 spiro atoms. The van der Waals surface area contributed by atoms with Crippen molar-refractivity contribution in [3.05, 3.63) is 64.9 Å². The maximum Gasteiger partial charge on any atom is 0.244 e. The summed E-state index contributed by atoms with van der Waals surface area (Å²) < 4.78 is 39.2. The number of amides is 2. The molecule has 7 nitrogen and oxygen atoms in total. The van der Waals surface area contributed by atoms with Crippen LogP contribution >= 0.6 is 11.6 Å². The Morgan fingerprint density at radius 3 is 2.32 bits per heavy atom. The molecule has 168 valence electrons. The predicted octanol–water partition coefficient (Wildman–Crippen LogP) is 2.80. The second-order valence-electron chi connectivity index (χ2n) is 6.94. The van der Waals surface area contributed by atoms with Gasteiger partial charge in [0.2, 0.25) is 21.8 Å². The number of carbonyl (C=O) groups is 2. The van der Waals surface area contributed by atoms with Gasteiger partial charge >= 0.3 is 0 Å². The van der Waals surface area contributed by atoms with E-state index in [4.69, 9.17) is 11.6 Å². The number of sulfonamides is 1. The average Bonchev–Trinajstić information content (AvgIpc) is 2.72. The zero-order chi connectivity index (χ0) is 23.2. The van der Waals surface area contributed by atoms with Crippen LogP contribution in [-0.2, 0) is 26.2 Å². The lowest BCUT2D eigenvalue weighted by Crippen LogP contribution is -2.51. The largest absolute Gasteiger partial charge is 0.357 e. The number of halogens is 2. The van der Waals surface area contributed by atoms with Crippen LogP contribution in [0.3, 0.4) is 0 Å². The van der Waals surface area contributed by atoms with Crippen molar-refractivity contribution in [2.75, 3.05) is 24.2 Å². The molecule has 0 fully saturated rings. The summed E-state index contributed by atoms with van der Waals surface area (Å²) in [6.45, 7) is 1.25. The van der Waals surface area contributed by atoms with Crippen LogP contribution in [0.2, 0.25) is 5.02 Å². The smallest absolute Gasteiger partial charge is 0.244 e. The fourth-order valence-electron chi connectivity index (χ4n) is 3.12. The van der Waals surface area contributed by atoms with E-state index in [0.29, 0.717) is 11.4 Å². The van der Waals surface area contributed by atoms with Crippen LogP contribution in [0.15, 0.2) is 48.5 Å². The van der Waals surface area contributed by atoms with Crippen LogP contribution in [0, 0.1) is 5.82 Å². The minimum Gasteiger partial charge on any atom is -0.357 e. The van der Waals surface area contributed by atoms with Gasteiger partial charge in [0.15, 0.2) is 0 Å². The van der Waals surface area contributed by atoms with Crippen molar-refractivity contribution in [3.8, 4) is 0 Å². The van der Waals surface area contributed by atoms with E-state index in [1.165, 1.54) is 30.1 Å². The molecule has 0 aliphatic heterocycles. The topological polar surface area (TPSA) is 86.8 Å². The number of benzene rings is 2. The summed E-state index contributed by atoms with van der Waals surface area (Å²) in [6, 6.07) is 10.9. The van der Waals surface area contributed by atoms with E-state index < -0.39 is 34.3 Å². The number of anilines is 1. The molecule has 1 N–H and O–H groups in total. The molecule has 0 aliphatic rings. The molecule has 2 rings (SSSR count). The SMILES string of the molecule is CC[C@H](C(=O)NC)N(Cc1ccc(Cl)cc1)C(=O)CN(c1cccc(F)c1)S(C)(=O)=O. The molecule has 0 bridgehead atoms. The quantitative estimate of drug-likeness (QED) is 0.611. The lowest BCUT2D eigenvalue weighted by atomic mass is 10.1. The fourth-order valence-corrected chi connectivity index (χ4v) is 4.09. The fraction of sp³-hybridized carbons (Fsp3) is 0.333. The van der Waals surface area contributed by atoms with Gasteiger partial charge in [-0.25, -0.2) is 12.8 Å². The molecular weight excluding hydrogens is 445 g/mol. The second kappa shape index (κ2) is 10.6. The molecule has 0 aromatic heterocycles. The van der Waals surface area contributed by atoms with Gasteiger partial charge in [0, 0.05) is 18.6 Å². The number of hydrogen-bond acceptors (Lipinski definition) is 4. The second-order valence-corrected chi connectivity index (χ2v) is 9.28. The molecule has 2 aromatic carbocycles. The first-order valence-electron chi connectivity index (χ1n) is 9.55. The third-order valence-corrected chi connectivity index (χ3v) is 6.07. The molecule has 0 heterocycles. The van der Waals surface area contributed by atoms with Crippen molar-refractivity contribution in [2.24, 2.45) is 0 Å². The summed E-state index contributed by atoms with van der Waals surface area (Å²) in [5, 5.41) is 3.06.